The van der Waals surface area contributed by atoms with Crippen LogP contribution in [-0.2, 0) is 9.59 Å². The molecule has 0 radical (unpaired) electrons. The quantitative estimate of drug-likeness (QED) is 0.0884. The molecule has 0 fully saturated rings. The van der Waals surface area contributed by atoms with Crippen molar-refractivity contribution in [1.29, 1.82) is 0 Å². The maximum absolute atomic E-state index is 13.6. The largest absolute Gasteiger partial charge is 0.494 e. The zero-order chi connectivity index (χ0) is 33.3. The number of amides is 3. The first kappa shape index (κ1) is 34.0. The number of anilines is 2. The van der Waals surface area contributed by atoms with Gasteiger partial charge in [0.25, 0.3) is 11.8 Å². The fraction of sp³-hybridized carbons (Fsp3) is 0.143. The number of fused-ring (bicyclic) bond motifs is 1. The first-order valence-corrected chi connectivity index (χ1v) is 17.1. The van der Waals surface area contributed by atoms with E-state index in [1.54, 1.807) is 66.7 Å². The molecule has 4 aromatic carbocycles. The maximum atomic E-state index is 13.6. The van der Waals surface area contributed by atoms with Crippen molar-refractivity contribution < 1.29 is 19.1 Å². The third-order valence-electron chi connectivity index (χ3n) is 6.75. The van der Waals surface area contributed by atoms with Crippen LogP contribution in [0.15, 0.2) is 102 Å². The summed E-state index contributed by atoms with van der Waals surface area (Å²) in [4.78, 5) is 45.2. The van der Waals surface area contributed by atoms with Crippen molar-refractivity contribution in [2.75, 3.05) is 17.2 Å². The Labute approximate surface area is 290 Å². The summed E-state index contributed by atoms with van der Waals surface area (Å²) in [5.74, 6) is -0.481. The number of hydrogen-bond acceptors (Lipinski definition) is 7. The van der Waals surface area contributed by atoms with Gasteiger partial charge in [-0.1, -0.05) is 71.8 Å². The zero-order valence-corrected chi connectivity index (χ0v) is 28.5. The number of thioether (sulfide) groups is 1. The molecule has 5 aromatic rings. The number of nitrogens with one attached hydrogen (secondary N) is 3. The van der Waals surface area contributed by atoms with Gasteiger partial charge in [0.05, 0.1) is 22.1 Å². The van der Waals surface area contributed by atoms with Gasteiger partial charge in [0.1, 0.15) is 11.4 Å². The molecule has 1 heterocycles. The van der Waals surface area contributed by atoms with E-state index in [9.17, 15) is 14.4 Å². The third-order valence-corrected chi connectivity index (χ3v) is 9.70. The summed E-state index contributed by atoms with van der Waals surface area (Å²) < 4.78 is 6.49. The van der Waals surface area contributed by atoms with Gasteiger partial charge >= 0.3 is 0 Å². The standard InChI is InChI=1S/C35H30Cl2N4O4S2/c1-3-30(34(44)41-35-40-28-17-16-23(45-4-2)19-31(28)47-35)46-24-13-8-12-22(18-24)38-33(43)29(20-25-26(36)14-9-15-27(25)37)39-32(42)21-10-6-5-7-11-21/h5-20,30H,3-4H2,1-2H3,(H,38,43)(H,39,42)(H,40,41,44)/b29-20+. The average molecular weight is 706 g/mol. The molecule has 1 unspecified atom stereocenters. The molecule has 1 aromatic heterocycles. The van der Waals surface area contributed by atoms with Gasteiger partial charge in [-0.2, -0.15) is 0 Å². The Morgan fingerprint density at radius 3 is 2.38 bits per heavy atom. The highest BCUT2D eigenvalue weighted by Gasteiger charge is 2.21. The second-order valence-electron chi connectivity index (χ2n) is 10.1. The van der Waals surface area contributed by atoms with Crippen molar-refractivity contribution in [3.8, 4) is 5.75 Å². The number of ether oxygens (including phenoxy) is 1. The van der Waals surface area contributed by atoms with Gasteiger partial charge in [0.15, 0.2) is 5.13 Å². The second-order valence-corrected chi connectivity index (χ2v) is 13.2. The van der Waals surface area contributed by atoms with E-state index >= 15 is 0 Å². The van der Waals surface area contributed by atoms with Crippen LogP contribution >= 0.6 is 46.3 Å². The van der Waals surface area contributed by atoms with E-state index in [0.717, 1.165) is 20.9 Å². The minimum atomic E-state index is -0.583. The number of halogens is 2. The van der Waals surface area contributed by atoms with Crippen molar-refractivity contribution in [2.45, 2.75) is 30.4 Å². The number of benzene rings is 4. The highest BCUT2D eigenvalue weighted by Crippen LogP contribution is 2.32. The van der Waals surface area contributed by atoms with Gasteiger partial charge in [-0.3, -0.25) is 14.4 Å². The van der Waals surface area contributed by atoms with Gasteiger partial charge in [0.2, 0.25) is 5.91 Å². The lowest BCUT2D eigenvalue weighted by molar-refractivity contribution is -0.116. The molecule has 0 aliphatic rings. The number of carbonyl (C=O) groups excluding carboxylic acids is 3. The van der Waals surface area contributed by atoms with E-state index in [1.807, 2.05) is 38.1 Å². The topological polar surface area (TPSA) is 109 Å². The minimum Gasteiger partial charge on any atom is -0.494 e. The van der Waals surface area contributed by atoms with Crippen LogP contribution in [-0.4, -0.2) is 34.6 Å². The lowest BCUT2D eigenvalue weighted by atomic mass is 10.1. The molecule has 8 nitrogen and oxygen atoms in total. The van der Waals surface area contributed by atoms with Gasteiger partial charge in [-0.25, -0.2) is 4.98 Å². The average Bonchev–Trinajstić information content (AvgIpc) is 3.47. The van der Waals surface area contributed by atoms with Crippen LogP contribution in [0, 0.1) is 0 Å². The summed E-state index contributed by atoms with van der Waals surface area (Å²) in [7, 11) is 0. The highest BCUT2D eigenvalue weighted by molar-refractivity contribution is 8.00. The molecule has 0 saturated carbocycles. The first-order valence-electron chi connectivity index (χ1n) is 14.7. The SMILES string of the molecule is CCOc1ccc2nc(NC(=O)C(CC)Sc3cccc(NC(=O)/C(=C\c4c(Cl)cccc4Cl)NC(=O)c4ccccc4)c3)sc2c1. The van der Waals surface area contributed by atoms with Crippen LogP contribution in [0.3, 0.4) is 0 Å². The molecular formula is C35H30Cl2N4O4S2. The normalized spacial score (nSPS) is 12.0. The van der Waals surface area contributed by atoms with Gasteiger partial charge in [0, 0.05) is 31.8 Å². The summed E-state index contributed by atoms with van der Waals surface area (Å²) in [6, 6.07) is 26.3. The van der Waals surface area contributed by atoms with E-state index in [4.69, 9.17) is 27.9 Å². The molecule has 240 valence electrons. The smallest absolute Gasteiger partial charge is 0.272 e. The Kier molecular flexibility index (Phi) is 11.6. The van der Waals surface area contributed by atoms with Gasteiger partial charge in [-0.05, 0) is 80.1 Å². The van der Waals surface area contributed by atoms with Crippen LogP contribution in [0.25, 0.3) is 16.3 Å². The number of carbonyl (C=O) groups is 3. The van der Waals surface area contributed by atoms with Crippen molar-refractivity contribution in [2.24, 2.45) is 0 Å². The van der Waals surface area contributed by atoms with E-state index in [0.29, 0.717) is 45.0 Å². The van der Waals surface area contributed by atoms with Crippen LogP contribution in [0.4, 0.5) is 10.8 Å². The van der Waals surface area contributed by atoms with Crippen LogP contribution in [0.5, 0.6) is 5.75 Å². The lowest BCUT2D eigenvalue weighted by Gasteiger charge is -2.15. The fourth-order valence-corrected chi connectivity index (χ4v) is 6.89. The summed E-state index contributed by atoms with van der Waals surface area (Å²) in [5, 5.41) is 9.21. The van der Waals surface area contributed by atoms with Crippen molar-refractivity contribution >= 4 is 91.1 Å². The molecule has 0 aliphatic heterocycles. The maximum Gasteiger partial charge on any atom is 0.272 e. The van der Waals surface area contributed by atoms with Crippen molar-refractivity contribution in [1.82, 2.24) is 10.3 Å². The predicted octanol–water partition coefficient (Wildman–Crippen LogP) is 8.92. The lowest BCUT2D eigenvalue weighted by Crippen LogP contribution is -2.30. The molecule has 0 saturated heterocycles. The zero-order valence-electron chi connectivity index (χ0n) is 25.4. The van der Waals surface area contributed by atoms with Crippen LogP contribution in [0.2, 0.25) is 10.0 Å². The second kappa shape index (κ2) is 16.0. The summed E-state index contributed by atoms with van der Waals surface area (Å²) in [6.07, 6.45) is 2.00. The molecule has 3 amide bonds. The molecule has 1 atom stereocenters. The van der Waals surface area contributed by atoms with Gasteiger partial charge in [-0.15, -0.1) is 11.8 Å². The number of hydrogen-bond donors (Lipinski definition) is 3. The molecule has 0 bridgehead atoms. The molecule has 12 heteroatoms. The number of aromatic nitrogens is 1. The number of nitrogens with zero attached hydrogens (tertiary/aromatic N) is 1. The Bertz CT molecular complexity index is 1930. The van der Waals surface area contributed by atoms with E-state index in [2.05, 4.69) is 20.9 Å². The Morgan fingerprint density at radius 2 is 1.66 bits per heavy atom. The van der Waals surface area contributed by atoms with Crippen molar-refractivity contribution in [3.05, 3.63) is 118 Å². The van der Waals surface area contributed by atoms with Crippen LogP contribution < -0.4 is 20.7 Å². The Hall–Kier alpha value is -4.35. The molecule has 3 N–H and O–H groups in total. The third kappa shape index (κ3) is 8.93. The van der Waals surface area contributed by atoms with E-state index in [1.165, 1.54) is 29.2 Å². The van der Waals surface area contributed by atoms with E-state index < -0.39 is 17.1 Å². The van der Waals surface area contributed by atoms with Crippen molar-refractivity contribution in [3.63, 3.8) is 0 Å². The molecule has 5 rings (SSSR count). The van der Waals surface area contributed by atoms with E-state index in [-0.39, 0.29) is 11.6 Å². The summed E-state index contributed by atoms with van der Waals surface area (Å²) in [5.41, 5.74) is 1.96. The number of thiazole rings is 1. The highest BCUT2D eigenvalue weighted by atomic mass is 35.5. The predicted molar refractivity (Wildman–Crippen MR) is 193 cm³/mol. The first-order chi connectivity index (χ1) is 22.7. The van der Waals surface area contributed by atoms with Crippen LogP contribution in [0.1, 0.15) is 36.2 Å². The Balaban J connectivity index is 1.31. The minimum absolute atomic E-state index is 0.0538. The molecule has 0 aliphatic carbocycles. The van der Waals surface area contributed by atoms with Gasteiger partial charge < -0.3 is 20.7 Å². The Morgan fingerprint density at radius 1 is 0.915 bits per heavy atom. The molecule has 0 spiro atoms. The fourth-order valence-electron chi connectivity index (χ4n) is 4.47. The number of rotatable bonds is 12. The molecule has 47 heavy (non-hydrogen) atoms. The summed E-state index contributed by atoms with van der Waals surface area (Å²) in [6.45, 7) is 4.42. The molecular weight excluding hydrogens is 675 g/mol. The summed E-state index contributed by atoms with van der Waals surface area (Å²) >= 11 is 15.5. The monoisotopic (exact) mass is 704 g/mol.